The quantitative estimate of drug-likeness (QED) is 0.398. The summed E-state index contributed by atoms with van der Waals surface area (Å²) in [5.74, 6) is 0.850. The van der Waals surface area contributed by atoms with Gasteiger partial charge in [0.15, 0.2) is 5.96 Å². The summed E-state index contributed by atoms with van der Waals surface area (Å²) in [6.45, 7) is 4.88. The van der Waals surface area contributed by atoms with Gasteiger partial charge in [0, 0.05) is 45.9 Å². The number of hydrogen-bond donors (Lipinski definition) is 2. The summed E-state index contributed by atoms with van der Waals surface area (Å²) in [5, 5.41) is 5.96. The van der Waals surface area contributed by atoms with Crippen molar-refractivity contribution in [1.29, 1.82) is 0 Å². The first kappa shape index (κ1) is 20.2. The number of rotatable bonds is 9. The van der Waals surface area contributed by atoms with Crippen LogP contribution in [0.5, 0.6) is 0 Å². The Bertz CT molecular complexity index is 632. The summed E-state index contributed by atoms with van der Waals surface area (Å²) in [5.41, 5.74) is 0.846. The van der Waals surface area contributed by atoms with Gasteiger partial charge in [-0.1, -0.05) is 6.07 Å². The van der Waals surface area contributed by atoms with E-state index in [0.29, 0.717) is 30.8 Å². The van der Waals surface area contributed by atoms with Crippen LogP contribution in [0.1, 0.15) is 28.8 Å². The van der Waals surface area contributed by atoms with Crippen LogP contribution in [0, 0.1) is 18.7 Å². The lowest BCUT2D eigenvalue weighted by molar-refractivity contribution is 0.0953. The van der Waals surface area contributed by atoms with Crippen molar-refractivity contribution in [2.45, 2.75) is 19.8 Å². The van der Waals surface area contributed by atoms with E-state index in [4.69, 9.17) is 4.74 Å². The molecule has 0 aliphatic heterocycles. The molecule has 0 spiro atoms. The number of ether oxygens (including phenoxy) is 1. The molecule has 0 heterocycles. The van der Waals surface area contributed by atoms with Crippen LogP contribution in [-0.2, 0) is 4.74 Å². The molecule has 0 atom stereocenters. The molecule has 0 saturated heterocycles. The molecule has 2 rings (SSSR count). The molecule has 1 aromatic carbocycles. The van der Waals surface area contributed by atoms with Crippen LogP contribution < -0.4 is 10.6 Å². The van der Waals surface area contributed by atoms with Crippen molar-refractivity contribution in [2.75, 3.05) is 46.9 Å². The van der Waals surface area contributed by atoms with Gasteiger partial charge in [-0.15, -0.1) is 0 Å². The largest absolute Gasteiger partial charge is 0.379 e. The highest BCUT2D eigenvalue weighted by atomic mass is 19.1. The second-order valence-electron chi connectivity index (χ2n) is 6.63. The van der Waals surface area contributed by atoms with Crippen LogP contribution in [0.4, 0.5) is 4.39 Å². The third-order valence-electron chi connectivity index (χ3n) is 4.32. The standard InChI is InChI=1S/C19H29FN4O2/c1-14-4-7-16(12-17(14)20)18(25)22-8-9-23-19(21-2)24(3)10-11-26-13-15-5-6-15/h4,7,12,15H,5-6,8-11,13H2,1-3H3,(H,21,23)(H,22,25). The Hall–Kier alpha value is -2.15. The van der Waals surface area contributed by atoms with E-state index in [1.165, 1.54) is 18.9 Å². The number of amides is 1. The van der Waals surface area contributed by atoms with E-state index in [2.05, 4.69) is 15.6 Å². The summed E-state index contributed by atoms with van der Waals surface area (Å²) in [7, 11) is 3.67. The van der Waals surface area contributed by atoms with Gasteiger partial charge < -0.3 is 20.3 Å². The van der Waals surface area contributed by atoms with E-state index in [9.17, 15) is 9.18 Å². The maximum atomic E-state index is 13.5. The normalized spacial score (nSPS) is 14.2. The van der Waals surface area contributed by atoms with Gasteiger partial charge in [-0.3, -0.25) is 9.79 Å². The fourth-order valence-electron chi connectivity index (χ4n) is 2.41. The lowest BCUT2D eigenvalue weighted by Crippen LogP contribution is -2.43. The van der Waals surface area contributed by atoms with E-state index in [0.717, 1.165) is 25.0 Å². The molecule has 1 aromatic rings. The molecule has 2 N–H and O–H groups in total. The molecule has 1 amide bonds. The summed E-state index contributed by atoms with van der Waals surface area (Å²) >= 11 is 0. The predicted molar refractivity (Wildman–Crippen MR) is 101 cm³/mol. The topological polar surface area (TPSA) is 66.0 Å². The highest BCUT2D eigenvalue weighted by Crippen LogP contribution is 2.28. The van der Waals surface area contributed by atoms with Gasteiger partial charge in [-0.05, 0) is 43.4 Å². The Morgan fingerprint density at radius 2 is 2.08 bits per heavy atom. The first-order chi connectivity index (χ1) is 12.5. The molecule has 0 unspecified atom stereocenters. The minimum absolute atomic E-state index is 0.289. The number of nitrogens with zero attached hydrogens (tertiary/aromatic N) is 2. The van der Waals surface area contributed by atoms with Crippen LogP contribution in [-0.4, -0.2) is 63.7 Å². The molecule has 1 aliphatic rings. The molecule has 7 heteroatoms. The van der Waals surface area contributed by atoms with Crippen molar-refractivity contribution in [3.8, 4) is 0 Å². The number of likely N-dealkylation sites (N-methyl/N-ethyl adjacent to an activating group) is 1. The van der Waals surface area contributed by atoms with Gasteiger partial charge in [-0.2, -0.15) is 0 Å². The van der Waals surface area contributed by atoms with Crippen LogP contribution in [0.3, 0.4) is 0 Å². The smallest absolute Gasteiger partial charge is 0.251 e. The third kappa shape index (κ3) is 6.63. The minimum atomic E-state index is -0.373. The van der Waals surface area contributed by atoms with Gasteiger partial charge in [0.05, 0.1) is 6.61 Å². The Labute approximate surface area is 154 Å². The highest BCUT2D eigenvalue weighted by molar-refractivity contribution is 5.94. The number of aliphatic imine (C=N–C) groups is 1. The number of aryl methyl sites for hydroxylation is 1. The zero-order valence-corrected chi connectivity index (χ0v) is 15.8. The highest BCUT2D eigenvalue weighted by Gasteiger charge is 2.21. The van der Waals surface area contributed by atoms with Gasteiger partial charge in [0.2, 0.25) is 0 Å². The lowest BCUT2D eigenvalue weighted by Gasteiger charge is -2.22. The first-order valence-electron chi connectivity index (χ1n) is 9.05. The molecule has 1 saturated carbocycles. The molecule has 6 nitrogen and oxygen atoms in total. The summed E-state index contributed by atoms with van der Waals surface area (Å²) in [6.07, 6.45) is 2.58. The van der Waals surface area contributed by atoms with E-state index in [1.54, 1.807) is 26.1 Å². The predicted octanol–water partition coefficient (Wildman–Crippen LogP) is 1.80. The second-order valence-corrected chi connectivity index (χ2v) is 6.63. The molecule has 0 radical (unpaired) electrons. The summed E-state index contributed by atoms with van der Waals surface area (Å²) in [6, 6.07) is 4.48. The second kappa shape index (κ2) is 10.1. The van der Waals surface area contributed by atoms with Crippen molar-refractivity contribution in [2.24, 2.45) is 10.9 Å². The van der Waals surface area contributed by atoms with E-state index in [-0.39, 0.29) is 11.7 Å². The molecule has 1 aliphatic carbocycles. The summed E-state index contributed by atoms with van der Waals surface area (Å²) in [4.78, 5) is 18.2. The van der Waals surface area contributed by atoms with Gasteiger partial charge >= 0.3 is 0 Å². The first-order valence-corrected chi connectivity index (χ1v) is 9.05. The van der Waals surface area contributed by atoms with Crippen LogP contribution >= 0.6 is 0 Å². The number of carbonyl (C=O) groups is 1. The zero-order chi connectivity index (χ0) is 18.9. The Morgan fingerprint density at radius 1 is 1.35 bits per heavy atom. The van der Waals surface area contributed by atoms with Crippen molar-refractivity contribution < 1.29 is 13.9 Å². The molecule has 144 valence electrons. The van der Waals surface area contributed by atoms with E-state index in [1.807, 2.05) is 11.9 Å². The maximum Gasteiger partial charge on any atom is 0.251 e. The van der Waals surface area contributed by atoms with Gasteiger partial charge in [-0.25, -0.2) is 4.39 Å². The maximum absolute atomic E-state index is 13.5. The van der Waals surface area contributed by atoms with Crippen molar-refractivity contribution in [3.63, 3.8) is 0 Å². The fraction of sp³-hybridized carbons (Fsp3) is 0.579. The van der Waals surface area contributed by atoms with Crippen molar-refractivity contribution >= 4 is 11.9 Å². The number of hydrogen-bond acceptors (Lipinski definition) is 3. The van der Waals surface area contributed by atoms with E-state index >= 15 is 0 Å². The number of carbonyl (C=O) groups excluding carboxylic acids is 1. The molecule has 0 bridgehead atoms. The van der Waals surface area contributed by atoms with Crippen molar-refractivity contribution in [1.82, 2.24) is 15.5 Å². The number of guanidine groups is 1. The molecule has 1 fully saturated rings. The number of benzene rings is 1. The van der Waals surface area contributed by atoms with Crippen LogP contribution in [0.2, 0.25) is 0 Å². The van der Waals surface area contributed by atoms with E-state index < -0.39 is 0 Å². The molecule has 26 heavy (non-hydrogen) atoms. The average Bonchev–Trinajstić information content (AvgIpc) is 3.45. The van der Waals surface area contributed by atoms with Gasteiger partial charge in [0.1, 0.15) is 5.82 Å². The monoisotopic (exact) mass is 364 g/mol. The number of nitrogens with one attached hydrogen (secondary N) is 2. The lowest BCUT2D eigenvalue weighted by atomic mass is 10.1. The SMILES string of the molecule is CN=C(NCCNC(=O)c1ccc(C)c(F)c1)N(C)CCOCC1CC1. The average molecular weight is 364 g/mol. The minimum Gasteiger partial charge on any atom is -0.379 e. The fourth-order valence-corrected chi connectivity index (χ4v) is 2.41. The Kier molecular flexibility index (Phi) is 7.84. The third-order valence-corrected chi connectivity index (χ3v) is 4.32. The summed E-state index contributed by atoms with van der Waals surface area (Å²) < 4.78 is 19.2. The Balaban J connectivity index is 1.64. The van der Waals surface area contributed by atoms with Gasteiger partial charge in [0.25, 0.3) is 5.91 Å². The molecule has 0 aromatic heterocycles. The zero-order valence-electron chi connectivity index (χ0n) is 15.8. The number of halogens is 1. The van der Waals surface area contributed by atoms with Crippen molar-refractivity contribution in [3.05, 3.63) is 35.1 Å². The van der Waals surface area contributed by atoms with Crippen LogP contribution in [0.25, 0.3) is 0 Å². The Morgan fingerprint density at radius 3 is 2.73 bits per heavy atom. The molecular formula is C19H29FN4O2. The molecular weight excluding hydrogens is 335 g/mol. The van der Waals surface area contributed by atoms with Crippen LogP contribution in [0.15, 0.2) is 23.2 Å².